The SMILES string of the molecule is CCOc1ccc(N=C2S/C(=C/c3cccs3)C(=O)N2CC)cc1. The van der Waals surface area contributed by atoms with Crippen LogP contribution in [0.2, 0.25) is 0 Å². The van der Waals surface area contributed by atoms with Gasteiger partial charge in [-0.05, 0) is 67.4 Å². The number of thioether (sulfide) groups is 1. The average molecular weight is 358 g/mol. The van der Waals surface area contributed by atoms with Crippen molar-refractivity contribution in [3.05, 3.63) is 51.6 Å². The molecule has 0 atom stereocenters. The van der Waals surface area contributed by atoms with Gasteiger partial charge in [0.1, 0.15) is 5.75 Å². The van der Waals surface area contributed by atoms with Gasteiger partial charge in [-0.1, -0.05) is 6.07 Å². The highest BCUT2D eigenvalue weighted by atomic mass is 32.2. The second-order valence-electron chi connectivity index (χ2n) is 5.00. The van der Waals surface area contributed by atoms with Crippen molar-refractivity contribution in [2.45, 2.75) is 13.8 Å². The number of carbonyl (C=O) groups excluding carboxylic acids is 1. The number of thiophene rings is 1. The number of hydrogen-bond donors (Lipinski definition) is 0. The molecule has 24 heavy (non-hydrogen) atoms. The molecule has 0 aliphatic carbocycles. The normalized spacial score (nSPS) is 17.9. The molecule has 0 bridgehead atoms. The van der Waals surface area contributed by atoms with Gasteiger partial charge < -0.3 is 4.74 Å². The molecule has 0 N–H and O–H groups in total. The third-order valence-electron chi connectivity index (χ3n) is 3.39. The summed E-state index contributed by atoms with van der Waals surface area (Å²) >= 11 is 3.04. The van der Waals surface area contributed by atoms with E-state index < -0.39 is 0 Å². The quantitative estimate of drug-likeness (QED) is 0.723. The van der Waals surface area contributed by atoms with E-state index in [1.54, 1.807) is 16.2 Å². The Balaban J connectivity index is 1.85. The molecule has 1 aromatic carbocycles. The van der Waals surface area contributed by atoms with Gasteiger partial charge in [0.25, 0.3) is 5.91 Å². The van der Waals surface area contributed by atoms with E-state index in [-0.39, 0.29) is 5.91 Å². The minimum absolute atomic E-state index is 0.0144. The molecule has 0 spiro atoms. The van der Waals surface area contributed by atoms with Crippen molar-refractivity contribution in [2.75, 3.05) is 13.2 Å². The maximum absolute atomic E-state index is 12.5. The van der Waals surface area contributed by atoms with Crippen LogP contribution in [-0.4, -0.2) is 29.1 Å². The highest BCUT2D eigenvalue weighted by molar-refractivity contribution is 8.18. The van der Waals surface area contributed by atoms with Crippen molar-refractivity contribution in [3.8, 4) is 5.75 Å². The number of amides is 1. The third-order valence-corrected chi connectivity index (χ3v) is 5.22. The summed E-state index contributed by atoms with van der Waals surface area (Å²) in [5.41, 5.74) is 0.810. The average Bonchev–Trinajstić information content (AvgIpc) is 3.19. The number of ether oxygens (including phenoxy) is 1. The first-order valence-corrected chi connectivity index (χ1v) is 9.47. The summed E-state index contributed by atoms with van der Waals surface area (Å²) in [7, 11) is 0. The van der Waals surface area contributed by atoms with Crippen molar-refractivity contribution >= 4 is 45.9 Å². The molecule has 1 aliphatic rings. The van der Waals surface area contributed by atoms with Gasteiger partial charge in [0, 0.05) is 11.4 Å². The zero-order valence-corrected chi connectivity index (χ0v) is 15.2. The fourth-order valence-corrected chi connectivity index (χ4v) is 4.05. The van der Waals surface area contributed by atoms with Gasteiger partial charge >= 0.3 is 0 Å². The Labute approximate surface area is 149 Å². The largest absolute Gasteiger partial charge is 0.494 e. The van der Waals surface area contributed by atoms with Gasteiger partial charge in [-0.3, -0.25) is 9.69 Å². The number of rotatable bonds is 5. The summed E-state index contributed by atoms with van der Waals surface area (Å²) < 4.78 is 5.44. The molecule has 124 valence electrons. The minimum Gasteiger partial charge on any atom is -0.494 e. The first kappa shape index (κ1) is 16.8. The molecule has 1 aromatic heterocycles. The van der Waals surface area contributed by atoms with Crippen LogP contribution in [0.15, 0.2) is 51.7 Å². The van der Waals surface area contributed by atoms with Crippen LogP contribution < -0.4 is 4.74 Å². The van der Waals surface area contributed by atoms with Gasteiger partial charge in [-0.25, -0.2) is 4.99 Å². The van der Waals surface area contributed by atoms with Gasteiger partial charge in [0.15, 0.2) is 5.17 Å². The van der Waals surface area contributed by atoms with Crippen LogP contribution in [0.3, 0.4) is 0 Å². The van der Waals surface area contributed by atoms with E-state index in [4.69, 9.17) is 4.74 Å². The van der Waals surface area contributed by atoms with Crippen molar-refractivity contribution in [2.24, 2.45) is 4.99 Å². The summed E-state index contributed by atoms with van der Waals surface area (Å²) in [6, 6.07) is 11.6. The van der Waals surface area contributed by atoms with E-state index in [0.717, 1.165) is 21.5 Å². The zero-order valence-electron chi connectivity index (χ0n) is 13.6. The lowest BCUT2D eigenvalue weighted by Crippen LogP contribution is -2.28. The number of aliphatic imine (C=N–C) groups is 1. The Hall–Kier alpha value is -2.05. The summed E-state index contributed by atoms with van der Waals surface area (Å²) in [4.78, 5) is 20.7. The van der Waals surface area contributed by atoms with Crippen molar-refractivity contribution in [1.29, 1.82) is 0 Å². The first-order valence-electron chi connectivity index (χ1n) is 7.77. The predicted molar refractivity (Wildman–Crippen MR) is 102 cm³/mol. The topological polar surface area (TPSA) is 41.9 Å². The number of nitrogens with zero attached hydrogens (tertiary/aromatic N) is 2. The minimum atomic E-state index is 0.0144. The summed E-state index contributed by atoms with van der Waals surface area (Å²) in [5, 5.41) is 2.72. The lowest BCUT2D eigenvalue weighted by Gasteiger charge is -2.12. The molecule has 1 saturated heterocycles. The van der Waals surface area contributed by atoms with E-state index in [9.17, 15) is 4.79 Å². The Bertz CT molecular complexity index is 765. The molecular weight excluding hydrogens is 340 g/mol. The summed E-state index contributed by atoms with van der Waals surface area (Å²) in [5.74, 6) is 0.836. The summed E-state index contributed by atoms with van der Waals surface area (Å²) in [6.07, 6.45) is 1.93. The molecule has 1 amide bonds. The van der Waals surface area contributed by atoms with Crippen molar-refractivity contribution in [3.63, 3.8) is 0 Å². The highest BCUT2D eigenvalue weighted by Gasteiger charge is 2.32. The fourth-order valence-electron chi connectivity index (χ4n) is 2.27. The zero-order chi connectivity index (χ0) is 16.9. The van der Waals surface area contributed by atoms with Gasteiger partial charge in [-0.2, -0.15) is 0 Å². The highest BCUT2D eigenvalue weighted by Crippen LogP contribution is 2.34. The van der Waals surface area contributed by atoms with Crippen LogP contribution >= 0.6 is 23.1 Å². The standard InChI is InChI=1S/C18H18N2O2S2/c1-3-20-17(21)16(12-15-6-5-11-23-15)24-18(20)19-13-7-9-14(10-8-13)22-4-2/h5-12H,3-4H2,1-2H3/b16-12+,19-18?. The Kier molecular flexibility index (Phi) is 5.37. The van der Waals surface area contributed by atoms with Crippen molar-refractivity contribution < 1.29 is 9.53 Å². The lowest BCUT2D eigenvalue weighted by atomic mass is 10.3. The van der Waals surface area contributed by atoms with Gasteiger partial charge in [0.05, 0.1) is 17.2 Å². The molecule has 2 heterocycles. The molecule has 1 fully saturated rings. The van der Waals surface area contributed by atoms with Crippen LogP contribution in [-0.2, 0) is 4.79 Å². The number of hydrogen-bond acceptors (Lipinski definition) is 5. The summed E-state index contributed by atoms with van der Waals surface area (Å²) in [6.45, 7) is 5.15. The Morgan fingerprint density at radius 1 is 1.21 bits per heavy atom. The molecule has 2 aromatic rings. The first-order chi connectivity index (χ1) is 11.7. The molecule has 6 heteroatoms. The van der Waals surface area contributed by atoms with E-state index >= 15 is 0 Å². The molecule has 0 radical (unpaired) electrons. The fraction of sp³-hybridized carbons (Fsp3) is 0.222. The second-order valence-corrected chi connectivity index (χ2v) is 6.99. The van der Waals surface area contributed by atoms with Crippen LogP contribution in [0.5, 0.6) is 5.75 Å². The van der Waals surface area contributed by atoms with Crippen LogP contribution in [0.4, 0.5) is 5.69 Å². The van der Waals surface area contributed by atoms with E-state index in [0.29, 0.717) is 18.1 Å². The molecule has 0 saturated carbocycles. The third kappa shape index (κ3) is 3.71. The van der Waals surface area contributed by atoms with E-state index in [1.807, 2.05) is 61.7 Å². The monoisotopic (exact) mass is 358 g/mol. The molecule has 3 rings (SSSR count). The Morgan fingerprint density at radius 2 is 2.00 bits per heavy atom. The molecule has 0 unspecified atom stereocenters. The number of amidine groups is 1. The number of benzene rings is 1. The van der Waals surface area contributed by atoms with Crippen LogP contribution in [0, 0.1) is 0 Å². The van der Waals surface area contributed by atoms with Crippen molar-refractivity contribution in [1.82, 2.24) is 4.90 Å². The van der Waals surface area contributed by atoms with Crippen LogP contribution in [0.25, 0.3) is 6.08 Å². The molecule has 4 nitrogen and oxygen atoms in total. The second kappa shape index (κ2) is 7.68. The molecule has 1 aliphatic heterocycles. The number of carbonyl (C=O) groups is 1. The predicted octanol–water partition coefficient (Wildman–Crippen LogP) is 4.77. The van der Waals surface area contributed by atoms with Crippen LogP contribution in [0.1, 0.15) is 18.7 Å². The van der Waals surface area contributed by atoms with Gasteiger partial charge in [0.2, 0.25) is 0 Å². The van der Waals surface area contributed by atoms with E-state index in [2.05, 4.69) is 4.99 Å². The Morgan fingerprint density at radius 3 is 2.62 bits per heavy atom. The maximum Gasteiger partial charge on any atom is 0.266 e. The smallest absolute Gasteiger partial charge is 0.266 e. The van der Waals surface area contributed by atoms with E-state index in [1.165, 1.54) is 11.8 Å². The lowest BCUT2D eigenvalue weighted by molar-refractivity contribution is -0.122. The molecular formula is C18H18N2O2S2. The number of likely N-dealkylation sites (N-methyl/N-ethyl adjacent to an activating group) is 1. The maximum atomic E-state index is 12.5. The van der Waals surface area contributed by atoms with Gasteiger partial charge in [-0.15, -0.1) is 11.3 Å².